The molecule has 0 amide bonds. The van der Waals surface area contributed by atoms with Crippen LogP contribution < -0.4 is 5.32 Å². The van der Waals surface area contributed by atoms with Gasteiger partial charge in [-0.1, -0.05) is 44.9 Å². The fourth-order valence-corrected chi connectivity index (χ4v) is 3.18. The van der Waals surface area contributed by atoms with Crippen LogP contribution >= 0.6 is 0 Å². The number of fused-ring (bicyclic) bond motifs is 1. The first-order valence-electron chi connectivity index (χ1n) is 7.26. The third kappa shape index (κ3) is 2.69. The number of rotatable bonds is 5. The number of nitrogens with one attached hydrogen (secondary N) is 1. The van der Waals surface area contributed by atoms with E-state index in [4.69, 9.17) is 0 Å². The van der Waals surface area contributed by atoms with Crippen LogP contribution in [0.3, 0.4) is 0 Å². The Labute approximate surface area is 110 Å². The van der Waals surface area contributed by atoms with Crippen LogP contribution in [-0.4, -0.2) is 16.7 Å². The lowest BCUT2D eigenvalue weighted by Crippen LogP contribution is -2.48. The Balaban J connectivity index is 2.15. The lowest BCUT2D eigenvalue weighted by atomic mass is 9.80. The maximum Gasteiger partial charge on any atom is 0.0847 e. The van der Waals surface area contributed by atoms with E-state index in [-0.39, 0.29) is 6.04 Å². The lowest BCUT2D eigenvalue weighted by Gasteiger charge is -2.40. The molecule has 2 nitrogen and oxygen atoms in total. The molecule has 18 heavy (non-hydrogen) atoms. The molecule has 1 heterocycles. The van der Waals surface area contributed by atoms with E-state index in [0.717, 1.165) is 38.5 Å². The van der Waals surface area contributed by atoms with Crippen molar-refractivity contribution in [2.75, 3.05) is 5.32 Å². The number of aliphatic hydroxyl groups is 1. The summed E-state index contributed by atoms with van der Waals surface area (Å²) in [5.74, 6) is 0. The second-order valence-electron chi connectivity index (χ2n) is 5.50. The van der Waals surface area contributed by atoms with Crippen molar-refractivity contribution in [3.8, 4) is 0 Å². The number of hydrogen-bond donors (Lipinski definition) is 2. The van der Waals surface area contributed by atoms with Gasteiger partial charge in [0, 0.05) is 5.69 Å². The third-order valence-corrected chi connectivity index (χ3v) is 4.06. The zero-order chi connectivity index (χ0) is 13.0. The van der Waals surface area contributed by atoms with Gasteiger partial charge in [-0.05, 0) is 37.3 Å². The molecule has 0 bridgehead atoms. The van der Waals surface area contributed by atoms with Crippen molar-refractivity contribution in [2.24, 2.45) is 0 Å². The Morgan fingerprint density at radius 3 is 2.56 bits per heavy atom. The summed E-state index contributed by atoms with van der Waals surface area (Å²) in [5, 5.41) is 14.5. The van der Waals surface area contributed by atoms with Crippen molar-refractivity contribution in [2.45, 2.75) is 64.0 Å². The quantitative estimate of drug-likeness (QED) is 0.830. The first-order chi connectivity index (χ1) is 8.69. The monoisotopic (exact) mass is 247 g/mol. The van der Waals surface area contributed by atoms with Gasteiger partial charge >= 0.3 is 0 Å². The van der Waals surface area contributed by atoms with Gasteiger partial charge in [0.15, 0.2) is 0 Å². The Morgan fingerprint density at radius 1 is 1.22 bits per heavy atom. The second-order valence-corrected chi connectivity index (χ2v) is 5.50. The molecular formula is C16H25NO. The standard InChI is InChI=1S/C16H25NO/c1-3-11-16(18,12-4-2)15-10-9-13-7-5-6-8-14(13)17-15/h5-8,15,17-18H,3-4,9-12H2,1-2H3. The highest BCUT2D eigenvalue weighted by Gasteiger charge is 2.36. The summed E-state index contributed by atoms with van der Waals surface area (Å²) in [5.41, 5.74) is 2.04. The number of benzene rings is 1. The molecule has 2 rings (SSSR count). The zero-order valence-electron chi connectivity index (χ0n) is 11.6. The molecule has 0 fully saturated rings. The second kappa shape index (κ2) is 5.75. The fourth-order valence-electron chi connectivity index (χ4n) is 3.18. The first-order valence-corrected chi connectivity index (χ1v) is 7.26. The van der Waals surface area contributed by atoms with Gasteiger partial charge in [-0.3, -0.25) is 0 Å². The number of hydrogen-bond acceptors (Lipinski definition) is 2. The van der Waals surface area contributed by atoms with Crippen LogP contribution in [0.1, 0.15) is 51.5 Å². The molecule has 0 saturated heterocycles. The molecule has 0 saturated carbocycles. The first kappa shape index (κ1) is 13.4. The summed E-state index contributed by atoms with van der Waals surface area (Å²) in [6, 6.07) is 8.65. The van der Waals surface area contributed by atoms with Crippen molar-refractivity contribution in [1.82, 2.24) is 0 Å². The lowest BCUT2D eigenvalue weighted by molar-refractivity contribution is -0.000502. The maximum absolute atomic E-state index is 10.9. The SMILES string of the molecule is CCCC(O)(CCC)C1CCc2ccccc2N1. The van der Waals surface area contributed by atoms with Crippen LogP contribution in [0.25, 0.3) is 0 Å². The largest absolute Gasteiger partial charge is 0.388 e. The maximum atomic E-state index is 10.9. The molecule has 1 aliphatic rings. The molecular weight excluding hydrogens is 222 g/mol. The van der Waals surface area contributed by atoms with Gasteiger partial charge in [0.1, 0.15) is 0 Å². The van der Waals surface area contributed by atoms with Gasteiger partial charge in [-0.25, -0.2) is 0 Å². The summed E-state index contributed by atoms with van der Waals surface area (Å²) < 4.78 is 0. The van der Waals surface area contributed by atoms with E-state index in [0.29, 0.717) is 0 Å². The van der Waals surface area contributed by atoms with E-state index in [1.165, 1.54) is 11.3 Å². The molecule has 1 aromatic carbocycles. The summed E-state index contributed by atoms with van der Waals surface area (Å²) in [7, 11) is 0. The summed E-state index contributed by atoms with van der Waals surface area (Å²) in [4.78, 5) is 0. The van der Waals surface area contributed by atoms with Crippen LogP contribution in [0, 0.1) is 0 Å². The molecule has 100 valence electrons. The van der Waals surface area contributed by atoms with Gasteiger partial charge in [-0.15, -0.1) is 0 Å². The minimum Gasteiger partial charge on any atom is -0.388 e. The van der Waals surface area contributed by atoms with E-state index < -0.39 is 5.60 Å². The van der Waals surface area contributed by atoms with Crippen LogP contribution in [0.15, 0.2) is 24.3 Å². The van der Waals surface area contributed by atoms with E-state index >= 15 is 0 Å². The van der Waals surface area contributed by atoms with Crippen LogP contribution in [0.4, 0.5) is 5.69 Å². The smallest absolute Gasteiger partial charge is 0.0847 e. The van der Waals surface area contributed by atoms with E-state index in [1.807, 2.05) is 0 Å². The summed E-state index contributed by atoms with van der Waals surface area (Å²) in [6.07, 6.45) is 5.96. The van der Waals surface area contributed by atoms with E-state index in [1.54, 1.807) is 0 Å². The zero-order valence-corrected chi connectivity index (χ0v) is 11.6. The van der Waals surface area contributed by atoms with Crippen molar-refractivity contribution >= 4 is 5.69 Å². The van der Waals surface area contributed by atoms with Gasteiger partial charge < -0.3 is 10.4 Å². The molecule has 0 aliphatic carbocycles. The number of anilines is 1. The Bertz CT molecular complexity index is 382. The molecule has 0 aromatic heterocycles. The Morgan fingerprint density at radius 2 is 1.89 bits per heavy atom. The molecule has 2 N–H and O–H groups in total. The van der Waals surface area contributed by atoms with Crippen LogP contribution in [0.2, 0.25) is 0 Å². The van der Waals surface area contributed by atoms with Gasteiger partial charge in [0.05, 0.1) is 11.6 Å². The van der Waals surface area contributed by atoms with Crippen molar-refractivity contribution < 1.29 is 5.11 Å². The molecule has 1 atom stereocenters. The Kier molecular flexibility index (Phi) is 4.28. The van der Waals surface area contributed by atoms with Gasteiger partial charge in [0.25, 0.3) is 0 Å². The highest BCUT2D eigenvalue weighted by Crippen LogP contribution is 2.33. The summed E-state index contributed by atoms with van der Waals surface area (Å²) >= 11 is 0. The van der Waals surface area contributed by atoms with E-state index in [9.17, 15) is 5.11 Å². The average Bonchev–Trinajstić information content (AvgIpc) is 2.39. The Hall–Kier alpha value is -1.02. The predicted octanol–water partition coefficient (Wildman–Crippen LogP) is 3.74. The van der Waals surface area contributed by atoms with Crippen LogP contribution in [-0.2, 0) is 6.42 Å². The normalized spacial score (nSPS) is 19.2. The minimum absolute atomic E-state index is 0.201. The molecule has 1 aromatic rings. The molecule has 0 radical (unpaired) electrons. The summed E-state index contributed by atoms with van der Waals surface area (Å²) in [6.45, 7) is 4.30. The molecule has 1 unspecified atom stereocenters. The molecule has 2 heteroatoms. The van der Waals surface area contributed by atoms with Crippen molar-refractivity contribution in [1.29, 1.82) is 0 Å². The molecule has 1 aliphatic heterocycles. The van der Waals surface area contributed by atoms with Crippen LogP contribution in [0.5, 0.6) is 0 Å². The third-order valence-electron chi connectivity index (χ3n) is 4.06. The number of aryl methyl sites for hydroxylation is 1. The minimum atomic E-state index is -0.545. The average molecular weight is 247 g/mol. The molecule has 0 spiro atoms. The van der Waals surface area contributed by atoms with Crippen molar-refractivity contribution in [3.63, 3.8) is 0 Å². The van der Waals surface area contributed by atoms with E-state index in [2.05, 4.69) is 43.4 Å². The number of para-hydroxylation sites is 1. The van der Waals surface area contributed by atoms with Gasteiger partial charge in [0.2, 0.25) is 0 Å². The van der Waals surface area contributed by atoms with Gasteiger partial charge in [-0.2, -0.15) is 0 Å². The predicted molar refractivity (Wildman–Crippen MR) is 76.9 cm³/mol. The van der Waals surface area contributed by atoms with Crippen molar-refractivity contribution in [3.05, 3.63) is 29.8 Å². The highest BCUT2D eigenvalue weighted by atomic mass is 16.3. The highest BCUT2D eigenvalue weighted by molar-refractivity contribution is 5.54. The fraction of sp³-hybridized carbons (Fsp3) is 0.625. The topological polar surface area (TPSA) is 32.3 Å².